The zero-order valence-corrected chi connectivity index (χ0v) is 11.2. The molecule has 4 atom stereocenters. The third-order valence-corrected chi connectivity index (χ3v) is 5.64. The molecule has 0 heterocycles. The topological polar surface area (TPSA) is 20.2 Å². The summed E-state index contributed by atoms with van der Waals surface area (Å²) in [5.74, 6) is 2.42. The van der Waals surface area contributed by atoms with E-state index in [0.717, 1.165) is 24.7 Å². The Balaban J connectivity index is 1.61. The number of hydrogen-bond acceptors (Lipinski definition) is 1. The molecule has 1 heteroatoms. The van der Waals surface area contributed by atoms with Crippen molar-refractivity contribution < 1.29 is 5.11 Å². The molecule has 0 aromatic rings. The van der Waals surface area contributed by atoms with E-state index in [1.165, 1.54) is 64.2 Å². The van der Waals surface area contributed by atoms with Crippen molar-refractivity contribution in [3.05, 3.63) is 0 Å². The Labute approximate surface area is 106 Å². The molecule has 3 rings (SSSR count). The lowest BCUT2D eigenvalue weighted by Crippen LogP contribution is -2.28. The predicted molar refractivity (Wildman–Crippen MR) is 70.8 cm³/mol. The van der Waals surface area contributed by atoms with E-state index in [1.54, 1.807) is 0 Å². The average Bonchev–Trinajstić information content (AvgIpc) is 2.96. The summed E-state index contributed by atoms with van der Waals surface area (Å²) in [6, 6.07) is 0. The van der Waals surface area contributed by atoms with Crippen LogP contribution < -0.4 is 0 Å². The standard InChI is InChI=1S/C16H28O/c17-16-11-13-8-6-4-2-1-3-5-7-9-14(10-13)15(16)12-16/h13-15,17H,1-12H2/t13-,14+,15-,16+/m0/s1. The second kappa shape index (κ2) is 4.91. The van der Waals surface area contributed by atoms with Gasteiger partial charge in [0.2, 0.25) is 0 Å². The summed E-state index contributed by atoms with van der Waals surface area (Å²) in [6.07, 6.45) is 16.6. The van der Waals surface area contributed by atoms with Crippen LogP contribution in [0.2, 0.25) is 0 Å². The molecule has 0 aromatic carbocycles. The van der Waals surface area contributed by atoms with E-state index in [9.17, 15) is 5.11 Å². The predicted octanol–water partition coefficient (Wildman–Crippen LogP) is 4.29. The number of rotatable bonds is 0. The van der Waals surface area contributed by atoms with Gasteiger partial charge in [0.05, 0.1) is 5.60 Å². The monoisotopic (exact) mass is 236 g/mol. The minimum Gasteiger partial charge on any atom is -0.390 e. The van der Waals surface area contributed by atoms with Crippen LogP contribution in [0.15, 0.2) is 0 Å². The van der Waals surface area contributed by atoms with Gasteiger partial charge in [-0.25, -0.2) is 0 Å². The maximum Gasteiger partial charge on any atom is 0.0686 e. The second-order valence-electron chi connectivity index (χ2n) is 7.03. The van der Waals surface area contributed by atoms with E-state index in [1.807, 2.05) is 0 Å². The molecule has 0 radical (unpaired) electrons. The van der Waals surface area contributed by atoms with Crippen molar-refractivity contribution in [1.82, 2.24) is 0 Å². The largest absolute Gasteiger partial charge is 0.390 e. The number of aliphatic hydroxyl groups is 1. The third-order valence-electron chi connectivity index (χ3n) is 5.64. The number of fused-ring (bicyclic) bond motifs is 4. The third kappa shape index (κ3) is 2.70. The normalized spacial score (nSPS) is 47.5. The van der Waals surface area contributed by atoms with Gasteiger partial charge in [0.15, 0.2) is 0 Å². The van der Waals surface area contributed by atoms with E-state index in [-0.39, 0.29) is 5.60 Å². The van der Waals surface area contributed by atoms with Crippen molar-refractivity contribution in [2.75, 3.05) is 0 Å². The van der Waals surface area contributed by atoms with Crippen LogP contribution in [0.1, 0.15) is 77.0 Å². The first-order valence-electron chi connectivity index (χ1n) is 8.00. The molecule has 17 heavy (non-hydrogen) atoms. The fraction of sp³-hybridized carbons (Fsp3) is 1.00. The van der Waals surface area contributed by atoms with Gasteiger partial charge in [-0.05, 0) is 37.0 Å². The van der Waals surface area contributed by atoms with Gasteiger partial charge in [0, 0.05) is 0 Å². The smallest absolute Gasteiger partial charge is 0.0686 e. The molecule has 0 spiro atoms. The Hall–Kier alpha value is -0.0400. The fourth-order valence-electron chi connectivity index (χ4n) is 4.60. The molecule has 0 unspecified atom stereocenters. The van der Waals surface area contributed by atoms with Gasteiger partial charge in [-0.2, -0.15) is 0 Å². The highest BCUT2D eigenvalue weighted by Gasteiger charge is 2.59. The Kier molecular flexibility index (Phi) is 3.47. The van der Waals surface area contributed by atoms with Gasteiger partial charge in [0.1, 0.15) is 0 Å². The first kappa shape index (κ1) is 12.0. The van der Waals surface area contributed by atoms with Crippen LogP contribution in [0, 0.1) is 17.8 Å². The van der Waals surface area contributed by atoms with Crippen molar-refractivity contribution in [3.63, 3.8) is 0 Å². The van der Waals surface area contributed by atoms with Gasteiger partial charge in [-0.1, -0.05) is 57.8 Å². The summed E-state index contributed by atoms with van der Waals surface area (Å²) in [7, 11) is 0. The lowest BCUT2D eigenvalue weighted by Gasteiger charge is -2.32. The summed E-state index contributed by atoms with van der Waals surface area (Å²) in [6.45, 7) is 0. The molecule has 3 aliphatic rings. The zero-order chi connectivity index (χ0) is 11.7. The highest BCUT2D eigenvalue weighted by atomic mass is 16.3. The molecule has 0 aromatic heterocycles. The summed E-state index contributed by atoms with van der Waals surface area (Å²) in [5, 5.41) is 10.5. The Bertz CT molecular complexity index is 262. The molecule has 3 aliphatic carbocycles. The minimum absolute atomic E-state index is 0.197. The first-order chi connectivity index (χ1) is 8.28. The quantitative estimate of drug-likeness (QED) is 0.665. The zero-order valence-electron chi connectivity index (χ0n) is 11.2. The maximum atomic E-state index is 10.5. The van der Waals surface area contributed by atoms with Crippen molar-refractivity contribution in [3.8, 4) is 0 Å². The molecule has 1 nitrogen and oxygen atoms in total. The van der Waals surface area contributed by atoms with Crippen LogP contribution >= 0.6 is 0 Å². The summed E-state index contributed by atoms with van der Waals surface area (Å²) in [5.41, 5.74) is -0.197. The van der Waals surface area contributed by atoms with Gasteiger partial charge in [-0.3, -0.25) is 0 Å². The van der Waals surface area contributed by atoms with Gasteiger partial charge >= 0.3 is 0 Å². The van der Waals surface area contributed by atoms with E-state index >= 15 is 0 Å². The van der Waals surface area contributed by atoms with Crippen LogP contribution in [-0.4, -0.2) is 10.7 Å². The number of hydrogen-bond donors (Lipinski definition) is 1. The SMILES string of the molecule is O[C@@]12C[C@H]3CCCCCCCCC[C@H](C3)[C@@H]1C2. The fourth-order valence-corrected chi connectivity index (χ4v) is 4.60. The lowest BCUT2D eigenvalue weighted by atomic mass is 9.75. The van der Waals surface area contributed by atoms with Gasteiger partial charge < -0.3 is 5.11 Å². The molecular formula is C16H28O. The first-order valence-corrected chi connectivity index (χ1v) is 8.00. The molecule has 98 valence electrons. The highest BCUT2D eigenvalue weighted by Crippen LogP contribution is 2.59. The van der Waals surface area contributed by atoms with Crippen LogP contribution in [0.5, 0.6) is 0 Å². The van der Waals surface area contributed by atoms with E-state index in [4.69, 9.17) is 0 Å². The molecule has 3 fully saturated rings. The van der Waals surface area contributed by atoms with Crippen molar-refractivity contribution in [1.29, 1.82) is 0 Å². The lowest BCUT2D eigenvalue weighted by molar-refractivity contribution is 0.0454. The summed E-state index contributed by atoms with van der Waals surface area (Å²) < 4.78 is 0. The second-order valence-corrected chi connectivity index (χ2v) is 7.03. The Morgan fingerprint density at radius 2 is 1.41 bits per heavy atom. The molecule has 1 N–H and O–H groups in total. The van der Waals surface area contributed by atoms with Crippen molar-refractivity contribution in [2.45, 2.75) is 82.7 Å². The maximum absolute atomic E-state index is 10.5. The van der Waals surface area contributed by atoms with E-state index in [2.05, 4.69) is 0 Å². The van der Waals surface area contributed by atoms with Gasteiger partial charge in [-0.15, -0.1) is 0 Å². The molecule has 0 saturated heterocycles. The van der Waals surface area contributed by atoms with E-state index < -0.39 is 0 Å². The molecule has 0 aliphatic heterocycles. The Morgan fingerprint density at radius 1 is 0.765 bits per heavy atom. The average molecular weight is 236 g/mol. The minimum atomic E-state index is -0.197. The highest BCUT2D eigenvalue weighted by molar-refractivity contribution is 5.10. The van der Waals surface area contributed by atoms with Crippen LogP contribution in [-0.2, 0) is 0 Å². The van der Waals surface area contributed by atoms with Crippen LogP contribution in [0.25, 0.3) is 0 Å². The molecule has 3 saturated carbocycles. The van der Waals surface area contributed by atoms with Gasteiger partial charge in [0.25, 0.3) is 0 Å². The Morgan fingerprint density at radius 3 is 2.18 bits per heavy atom. The van der Waals surface area contributed by atoms with Crippen molar-refractivity contribution >= 4 is 0 Å². The van der Waals surface area contributed by atoms with Crippen LogP contribution in [0.3, 0.4) is 0 Å². The molecule has 0 amide bonds. The summed E-state index contributed by atoms with van der Waals surface area (Å²) >= 11 is 0. The molecular weight excluding hydrogens is 208 g/mol. The molecule has 2 bridgehead atoms. The summed E-state index contributed by atoms with van der Waals surface area (Å²) in [4.78, 5) is 0. The van der Waals surface area contributed by atoms with E-state index in [0.29, 0.717) is 5.92 Å². The van der Waals surface area contributed by atoms with Crippen molar-refractivity contribution in [2.24, 2.45) is 17.8 Å². The van der Waals surface area contributed by atoms with Crippen LogP contribution in [0.4, 0.5) is 0 Å².